The van der Waals surface area contributed by atoms with E-state index in [0.717, 1.165) is 13.0 Å². The molecule has 0 N–H and O–H groups in total. The number of benzene rings is 1. The van der Waals surface area contributed by atoms with Gasteiger partial charge in [-0.3, -0.25) is 0 Å². The summed E-state index contributed by atoms with van der Waals surface area (Å²) in [4.78, 5) is 0. The minimum Gasteiger partial charge on any atom is -0.207 e. The molecule has 0 atom stereocenters. The number of alkyl halides is 3. The van der Waals surface area contributed by atoms with Crippen LogP contribution >= 0.6 is 11.6 Å². The highest BCUT2D eigenvalue weighted by Crippen LogP contribution is 2.37. The van der Waals surface area contributed by atoms with E-state index in [4.69, 9.17) is 11.6 Å². The molecule has 1 aromatic carbocycles. The maximum absolute atomic E-state index is 12.5. The molecule has 0 unspecified atom stereocenters. The fourth-order valence-corrected chi connectivity index (χ4v) is 1.42. The van der Waals surface area contributed by atoms with E-state index in [9.17, 15) is 17.6 Å². The first-order valence-corrected chi connectivity index (χ1v) is 3.73. The van der Waals surface area contributed by atoms with E-state index < -0.39 is 22.6 Å². The van der Waals surface area contributed by atoms with Crippen molar-refractivity contribution in [3.8, 4) is 0 Å². The Hall–Kier alpha value is -0.770. The standard InChI is InChI=1S/C8H5ClF4/c1-4-2-5(10)3-6(9)7(4)8(11,12)13/h2-3H,1H3. The van der Waals surface area contributed by atoms with Gasteiger partial charge in [-0.05, 0) is 24.6 Å². The molecule has 0 heterocycles. The summed E-state index contributed by atoms with van der Waals surface area (Å²) >= 11 is 5.26. The number of halogens is 5. The minimum absolute atomic E-state index is 0.211. The molecule has 0 saturated carbocycles. The third-order valence-corrected chi connectivity index (χ3v) is 1.83. The van der Waals surface area contributed by atoms with Gasteiger partial charge in [0.05, 0.1) is 10.6 Å². The quantitative estimate of drug-likeness (QED) is 0.574. The van der Waals surface area contributed by atoms with Crippen LogP contribution in [0.25, 0.3) is 0 Å². The number of hydrogen-bond acceptors (Lipinski definition) is 0. The molecule has 1 aromatic rings. The van der Waals surface area contributed by atoms with Gasteiger partial charge in [-0.2, -0.15) is 13.2 Å². The van der Waals surface area contributed by atoms with Gasteiger partial charge in [0.25, 0.3) is 0 Å². The summed E-state index contributed by atoms with van der Waals surface area (Å²) in [5.41, 5.74) is -1.19. The Morgan fingerprint density at radius 2 is 1.77 bits per heavy atom. The first-order chi connectivity index (χ1) is 5.82. The fourth-order valence-electron chi connectivity index (χ4n) is 1.06. The van der Waals surface area contributed by atoms with Gasteiger partial charge in [0.15, 0.2) is 0 Å². The Kier molecular flexibility index (Phi) is 2.52. The SMILES string of the molecule is Cc1cc(F)cc(Cl)c1C(F)(F)F. The van der Waals surface area contributed by atoms with Crippen LogP contribution < -0.4 is 0 Å². The highest BCUT2D eigenvalue weighted by Gasteiger charge is 2.35. The molecule has 0 aromatic heterocycles. The Bertz CT molecular complexity index is 306. The van der Waals surface area contributed by atoms with Crippen molar-refractivity contribution in [3.05, 3.63) is 34.1 Å². The van der Waals surface area contributed by atoms with Crippen molar-refractivity contribution in [2.24, 2.45) is 0 Å². The molecular formula is C8H5ClF4. The van der Waals surface area contributed by atoms with Gasteiger partial charge in [0, 0.05) is 0 Å². The summed E-state index contributed by atoms with van der Waals surface area (Å²) in [6, 6.07) is 1.45. The maximum Gasteiger partial charge on any atom is 0.418 e. The number of rotatable bonds is 0. The van der Waals surface area contributed by atoms with Crippen molar-refractivity contribution in [1.29, 1.82) is 0 Å². The number of aryl methyl sites for hydroxylation is 1. The van der Waals surface area contributed by atoms with Crippen molar-refractivity contribution in [1.82, 2.24) is 0 Å². The van der Waals surface area contributed by atoms with Gasteiger partial charge in [-0.1, -0.05) is 11.6 Å². The highest BCUT2D eigenvalue weighted by atomic mass is 35.5. The molecule has 0 amide bonds. The lowest BCUT2D eigenvalue weighted by Crippen LogP contribution is -2.08. The summed E-state index contributed by atoms with van der Waals surface area (Å²) < 4.78 is 49.2. The number of hydrogen-bond donors (Lipinski definition) is 0. The van der Waals surface area contributed by atoms with Crippen LogP contribution in [0, 0.1) is 12.7 Å². The smallest absolute Gasteiger partial charge is 0.207 e. The van der Waals surface area contributed by atoms with Crippen LogP contribution in [0.4, 0.5) is 17.6 Å². The van der Waals surface area contributed by atoms with Crippen molar-refractivity contribution in [2.75, 3.05) is 0 Å². The third kappa shape index (κ3) is 2.12. The molecule has 13 heavy (non-hydrogen) atoms. The van der Waals surface area contributed by atoms with Crippen molar-refractivity contribution >= 4 is 11.6 Å². The second kappa shape index (κ2) is 3.18. The zero-order valence-electron chi connectivity index (χ0n) is 6.54. The average Bonchev–Trinajstić information content (AvgIpc) is 1.78. The Morgan fingerprint density at radius 1 is 1.23 bits per heavy atom. The van der Waals surface area contributed by atoms with E-state index in [1.54, 1.807) is 0 Å². The van der Waals surface area contributed by atoms with E-state index in [2.05, 4.69) is 0 Å². The normalized spacial score (nSPS) is 11.8. The summed E-state index contributed by atoms with van der Waals surface area (Å²) in [5.74, 6) is -0.768. The lowest BCUT2D eigenvalue weighted by Gasteiger charge is -2.11. The topological polar surface area (TPSA) is 0 Å². The molecule has 72 valence electrons. The van der Waals surface area contributed by atoms with Crippen molar-refractivity contribution in [3.63, 3.8) is 0 Å². The average molecular weight is 213 g/mol. The van der Waals surface area contributed by atoms with Crippen molar-refractivity contribution < 1.29 is 17.6 Å². The predicted molar refractivity (Wildman–Crippen MR) is 41.1 cm³/mol. The maximum atomic E-state index is 12.5. The molecule has 5 heteroatoms. The fraction of sp³-hybridized carbons (Fsp3) is 0.250. The van der Waals surface area contributed by atoms with Gasteiger partial charge in [-0.15, -0.1) is 0 Å². The zero-order chi connectivity index (χ0) is 10.2. The van der Waals surface area contributed by atoms with E-state index in [1.165, 1.54) is 0 Å². The van der Waals surface area contributed by atoms with Gasteiger partial charge in [-0.25, -0.2) is 4.39 Å². The summed E-state index contributed by atoms with van der Waals surface area (Å²) in [7, 11) is 0. The Balaban J connectivity index is 3.38. The molecule has 0 bridgehead atoms. The van der Waals surface area contributed by atoms with Crippen LogP contribution in [0.2, 0.25) is 5.02 Å². The molecule has 1 rings (SSSR count). The summed E-state index contributed by atoms with van der Waals surface area (Å²) in [5, 5.41) is -0.606. The van der Waals surface area contributed by atoms with Crippen LogP contribution in [0.5, 0.6) is 0 Å². The molecule has 0 radical (unpaired) electrons. The third-order valence-electron chi connectivity index (χ3n) is 1.54. The van der Waals surface area contributed by atoms with Crippen molar-refractivity contribution in [2.45, 2.75) is 13.1 Å². The Labute approximate surface area is 77.1 Å². The molecule has 0 aliphatic carbocycles. The van der Waals surface area contributed by atoms with Gasteiger partial charge in [0.2, 0.25) is 0 Å². The van der Waals surface area contributed by atoms with E-state index >= 15 is 0 Å². The molecule has 0 aliphatic heterocycles. The van der Waals surface area contributed by atoms with Crippen LogP contribution in [0.15, 0.2) is 12.1 Å². The molecule has 0 aliphatic rings. The first kappa shape index (κ1) is 10.3. The second-order valence-electron chi connectivity index (χ2n) is 2.58. The monoisotopic (exact) mass is 212 g/mol. The second-order valence-corrected chi connectivity index (χ2v) is 2.98. The van der Waals surface area contributed by atoms with Crippen LogP contribution in [-0.2, 0) is 6.18 Å². The van der Waals surface area contributed by atoms with Gasteiger partial charge < -0.3 is 0 Å². The molecular weight excluding hydrogens is 208 g/mol. The van der Waals surface area contributed by atoms with Crippen LogP contribution in [0.3, 0.4) is 0 Å². The van der Waals surface area contributed by atoms with Gasteiger partial charge in [0.1, 0.15) is 5.82 Å². The molecule has 0 fully saturated rings. The predicted octanol–water partition coefficient (Wildman–Crippen LogP) is 3.81. The van der Waals surface area contributed by atoms with Crippen LogP contribution in [0.1, 0.15) is 11.1 Å². The van der Waals surface area contributed by atoms with E-state index in [-0.39, 0.29) is 5.56 Å². The van der Waals surface area contributed by atoms with E-state index in [0.29, 0.717) is 6.07 Å². The largest absolute Gasteiger partial charge is 0.418 e. The molecule has 0 nitrogen and oxygen atoms in total. The first-order valence-electron chi connectivity index (χ1n) is 3.35. The molecule has 0 saturated heterocycles. The lowest BCUT2D eigenvalue weighted by atomic mass is 10.1. The summed E-state index contributed by atoms with van der Waals surface area (Å²) in [6.45, 7) is 1.16. The van der Waals surface area contributed by atoms with E-state index in [1.807, 2.05) is 0 Å². The zero-order valence-corrected chi connectivity index (χ0v) is 7.30. The Morgan fingerprint density at radius 3 is 2.15 bits per heavy atom. The van der Waals surface area contributed by atoms with Gasteiger partial charge >= 0.3 is 6.18 Å². The minimum atomic E-state index is -4.53. The molecule has 0 spiro atoms. The highest BCUT2D eigenvalue weighted by molar-refractivity contribution is 6.31. The summed E-state index contributed by atoms with van der Waals surface area (Å²) in [6.07, 6.45) is -4.53. The van der Waals surface area contributed by atoms with Crippen LogP contribution in [-0.4, -0.2) is 0 Å². The lowest BCUT2D eigenvalue weighted by molar-refractivity contribution is -0.137.